The van der Waals surface area contributed by atoms with Gasteiger partial charge in [0.15, 0.2) is 6.20 Å². The first kappa shape index (κ1) is 9.36. The van der Waals surface area contributed by atoms with E-state index in [1.165, 1.54) is 5.56 Å². The molecular formula is C6H7BrIN. The molecule has 0 aromatic carbocycles. The van der Waals surface area contributed by atoms with Crippen molar-refractivity contribution in [2.24, 2.45) is 0 Å². The van der Waals surface area contributed by atoms with Crippen molar-refractivity contribution in [3.63, 3.8) is 0 Å². The maximum Gasteiger partial charge on any atom is 0.246 e. The van der Waals surface area contributed by atoms with E-state index in [0.29, 0.717) is 0 Å². The topological polar surface area (TPSA) is 14.1 Å². The second-order valence-corrected chi connectivity index (χ2v) is 2.57. The molecule has 3 heteroatoms. The Hall–Kier alpha value is 0.360. The molecule has 0 atom stereocenters. The minimum atomic E-state index is 0. The van der Waals surface area contributed by atoms with Crippen LogP contribution in [0, 0.1) is 6.92 Å². The summed E-state index contributed by atoms with van der Waals surface area (Å²) in [5, 5.41) is 0. The Labute approximate surface area is 80.0 Å². The molecule has 0 amide bonds. The van der Waals surface area contributed by atoms with Gasteiger partial charge in [-0.2, -0.15) is 0 Å². The Kier molecular flexibility index (Phi) is 4.39. The summed E-state index contributed by atoms with van der Waals surface area (Å²) in [6, 6.07) is 4.05. The van der Waals surface area contributed by atoms with Gasteiger partial charge < -0.3 is 24.0 Å². The predicted molar refractivity (Wildman–Crippen MR) is 35.4 cm³/mol. The minimum absolute atomic E-state index is 0. The van der Waals surface area contributed by atoms with Gasteiger partial charge in [0.05, 0.1) is 0 Å². The second-order valence-electron chi connectivity index (χ2n) is 1.71. The van der Waals surface area contributed by atoms with Gasteiger partial charge in [-0.15, -0.1) is 0 Å². The molecule has 1 rings (SSSR count). The van der Waals surface area contributed by atoms with Crippen LogP contribution in [-0.2, 0) is 0 Å². The van der Waals surface area contributed by atoms with Crippen molar-refractivity contribution >= 4 is 15.9 Å². The highest BCUT2D eigenvalue weighted by atomic mass is 127. The van der Waals surface area contributed by atoms with Crippen molar-refractivity contribution in [1.29, 1.82) is 0 Å². The van der Waals surface area contributed by atoms with Crippen molar-refractivity contribution in [1.82, 2.24) is 0 Å². The molecule has 1 aromatic heterocycles. The van der Waals surface area contributed by atoms with Crippen LogP contribution in [-0.4, -0.2) is 0 Å². The summed E-state index contributed by atoms with van der Waals surface area (Å²) in [7, 11) is 0. The van der Waals surface area contributed by atoms with E-state index in [1.54, 1.807) is 0 Å². The first-order valence-corrected chi connectivity index (χ1v) is 3.22. The van der Waals surface area contributed by atoms with Crippen LogP contribution in [0.5, 0.6) is 0 Å². The molecule has 0 aliphatic heterocycles. The summed E-state index contributed by atoms with van der Waals surface area (Å²) >= 11 is 3.31. The van der Waals surface area contributed by atoms with Gasteiger partial charge in [0.2, 0.25) is 4.60 Å². The van der Waals surface area contributed by atoms with Crippen LogP contribution in [0.1, 0.15) is 5.56 Å². The summed E-state index contributed by atoms with van der Waals surface area (Å²) in [4.78, 5) is 2.99. The first-order chi connectivity index (χ1) is 3.79. The van der Waals surface area contributed by atoms with Crippen molar-refractivity contribution < 1.29 is 29.0 Å². The van der Waals surface area contributed by atoms with Crippen molar-refractivity contribution in [2.45, 2.75) is 6.92 Å². The van der Waals surface area contributed by atoms with E-state index in [1.807, 2.05) is 18.3 Å². The molecule has 0 aliphatic rings. The van der Waals surface area contributed by atoms with Gasteiger partial charge in [-0.3, -0.25) is 0 Å². The zero-order valence-electron chi connectivity index (χ0n) is 4.99. The number of aromatic nitrogens is 1. The van der Waals surface area contributed by atoms with E-state index >= 15 is 0 Å². The zero-order valence-corrected chi connectivity index (χ0v) is 8.73. The third-order valence-electron chi connectivity index (χ3n) is 0.922. The standard InChI is InChI=1S/C6H6BrN.HI/c1-5-2-3-8-6(7)4-5;/h2-4H,1H3;1H. The van der Waals surface area contributed by atoms with Gasteiger partial charge in [-0.1, -0.05) is 0 Å². The van der Waals surface area contributed by atoms with E-state index in [0.717, 1.165) is 4.60 Å². The molecule has 0 bridgehead atoms. The lowest BCUT2D eigenvalue weighted by Crippen LogP contribution is -3.00. The molecule has 0 radical (unpaired) electrons. The summed E-state index contributed by atoms with van der Waals surface area (Å²) < 4.78 is 1.03. The molecule has 0 fully saturated rings. The molecule has 1 N–H and O–H groups in total. The van der Waals surface area contributed by atoms with E-state index in [-0.39, 0.29) is 24.0 Å². The summed E-state index contributed by atoms with van der Waals surface area (Å²) in [5.74, 6) is 0. The smallest absolute Gasteiger partial charge is 0.246 e. The van der Waals surface area contributed by atoms with Gasteiger partial charge in [-0.25, -0.2) is 4.98 Å². The lowest BCUT2D eigenvalue weighted by atomic mass is 10.3. The number of rotatable bonds is 0. The Morgan fingerprint density at radius 1 is 1.56 bits per heavy atom. The number of halogens is 2. The number of nitrogens with one attached hydrogen (secondary N) is 1. The zero-order chi connectivity index (χ0) is 5.98. The molecule has 1 aromatic rings. The average molecular weight is 300 g/mol. The van der Waals surface area contributed by atoms with Gasteiger partial charge in [0, 0.05) is 28.1 Å². The maximum absolute atomic E-state index is 3.31. The Morgan fingerprint density at radius 3 is 2.56 bits per heavy atom. The van der Waals surface area contributed by atoms with Gasteiger partial charge >= 0.3 is 0 Å². The average Bonchev–Trinajstić information content (AvgIpc) is 1.64. The fraction of sp³-hybridized carbons (Fsp3) is 0.167. The van der Waals surface area contributed by atoms with E-state index in [4.69, 9.17) is 0 Å². The fourth-order valence-corrected chi connectivity index (χ4v) is 1.04. The van der Waals surface area contributed by atoms with E-state index in [2.05, 4.69) is 27.8 Å². The Bertz CT molecular complexity index is 173. The molecule has 1 nitrogen and oxygen atoms in total. The van der Waals surface area contributed by atoms with Crippen molar-refractivity contribution in [3.05, 3.63) is 28.5 Å². The fourth-order valence-electron chi connectivity index (χ4n) is 0.542. The summed E-state index contributed by atoms with van der Waals surface area (Å²) in [6.45, 7) is 2.05. The molecule has 50 valence electrons. The molecular weight excluding hydrogens is 293 g/mol. The van der Waals surface area contributed by atoms with Crippen molar-refractivity contribution in [2.75, 3.05) is 0 Å². The molecule has 0 saturated heterocycles. The van der Waals surface area contributed by atoms with Crippen LogP contribution in [0.25, 0.3) is 0 Å². The van der Waals surface area contributed by atoms with Gasteiger partial charge in [-0.05, 0) is 12.5 Å². The highest BCUT2D eigenvalue weighted by molar-refractivity contribution is 9.10. The third kappa shape index (κ3) is 3.15. The number of hydrogen-bond donors (Lipinski definition) is 0. The second kappa shape index (κ2) is 4.22. The first-order valence-electron chi connectivity index (χ1n) is 2.43. The lowest BCUT2D eigenvalue weighted by Gasteiger charge is -1.82. The van der Waals surface area contributed by atoms with E-state index in [9.17, 15) is 0 Å². The molecule has 1 heterocycles. The van der Waals surface area contributed by atoms with Crippen LogP contribution in [0.15, 0.2) is 22.9 Å². The highest BCUT2D eigenvalue weighted by Gasteiger charge is 1.90. The predicted octanol–water partition coefficient (Wildman–Crippen LogP) is -1.42. The quantitative estimate of drug-likeness (QED) is 0.412. The summed E-state index contributed by atoms with van der Waals surface area (Å²) in [6.07, 6.45) is 1.90. The number of pyridine rings is 1. The molecule has 0 aliphatic carbocycles. The van der Waals surface area contributed by atoms with Crippen LogP contribution < -0.4 is 29.0 Å². The van der Waals surface area contributed by atoms with Crippen LogP contribution >= 0.6 is 15.9 Å². The number of aromatic amines is 1. The molecule has 0 spiro atoms. The van der Waals surface area contributed by atoms with Crippen LogP contribution in [0.4, 0.5) is 0 Å². The largest absolute Gasteiger partial charge is 1.00 e. The monoisotopic (exact) mass is 299 g/mol. The van der Waals surface area contributed by atoms with Gasteiger partial charge in [0.1, 0.15) is 0 Å². The minimum Gasteiger partial charge on any atom is -1.00 e. The Balaban J connectivity index is 0.000000640. The van der Waals surface area contributed by atoms with E-state index < -0.39 is 0 Å². The maximum atomic E-state index is 3.31. The Morgan fingerprint density at radius 2 is 2.22 bits per heavy atom. The van der Waals surface area contributed by atoms with Crippen LogP contribution in [0.2, 0.25) is 0 Å². The summed E-state index contributed by atoms with van der Waals surface area (Å²) in [5.41, 5.74) is 1.26. The van der Waals surface area contributed by atoms with Crippen molar-refractivity contribution in [3.8, 4) is 0 Å². The number of H-pyrrole nitrogens is 1. The number of hydrogen-bond acceptors (Lipinski definition) is 0. The van der Waals surface area contributed by atoms with Crippen LogP contribution in [0.3, 0.4) is 0 Å². The molecule has 0 saturated carbocycles. The molecule has 0 unspecified atom stereocenters. The third-order valence-corrected chi connectivity index (χ3v) is 1.38. The number of aryl methyl sites for hydroxylation is 1. The highest BCUT2D eigenvalue weighted by Crippen LogP contribution is 2.01. The molecule has 9 heavy (non-hydrogen) atoms. The lowest BCUT2D eigenvalue weighted by molar-refractivity contribution is -0.392. The van der Waals surface area contributed by atoms with Gasteiger partial charge in [0.25, 0.3) is 0 Å². The normalized spacial score (nSPS) is 8.22. The SMILES string of the molecule is Cc1cc[nH+]c(Br)c1.[I-].